The van der Waals surface area contributed by atoms with Crippen molar-refractivity contribution in [2.75, 3.05) is 33.7 Å². The summed E-state index contributed by atoms with van der Waals surface area (Å²) in [5, 5.41) is 3.35. The van der Waals surface area contributed by atoms with Crippen molar-refractivity contribution in [1.82, 2.24) is 15.1 Å². The van der Waals surface area contributed by atoms with E-state index in [-0.39, 0.29) is 18.3 Å². The molecule has 0 saturated carbocycles. The molecule has 0 unspecified atom stereocenters. The molecule has 4 nitrogen and oxygen atoms in total. The molecule has 1 atom stereocenters. The Hall–Kier alpha value is -1.10. The van der Waals surface area contributed by atoms with Crippen LogP contribution in [0.1, 0.15) is 22.8 Å². The summed E-state index contributed by atoms with van der Waals surface area (Å²) < 4.78 is 0. The number of rotatable bonds is 3. The molecule has 2 rings (SSSR count). The molecule has 20 heavy (non-hydrogen) atoms. The maximum Gasteiger partial charge on any atom is 0.253 e. The topological polar surface area (TPSA) is 35.6 Å². The molecule has 0 aromatic heterocycles. The van der Waals surface area contributed by atoms with Gasteiger partial charge in [-0.3, -0.25) is 4.79 Å². The van der Waals surface area contributed by atoms with E-state index >= 15 is 0 Å². The fourth-order valence-electron chi connectivity index (χ4n) is 2.42. The van der Waals surface area contributed by atoms with Crippen LogP contribution < -0.4 is 5.32 Å². The second-order valence-electron chi connectivity index (χ2n) is 5.54. The first-order valence-electron chi connectivity index (χ1n) is 6.82. The maximum absolute atomic E-state index is 12.4. The zero-order valence-electron chi connectivity index (χ0n) is 12.4. The number of benzene rings is 1. The van der Waals surface area contributed by atoms with Gasteiger partial charge < -0.3 is 15.1 Å². The standard InChI is InChI=1S/C15H23N3O.ClH/c1-12-10-18(9-8-16-12)15(19)14-6-4-13(5-7-14)11-17(2)3;/h4-7,12,16H,8-11H2,1-3H3;1H/t12-;/m1./s1. The van der Waals surface area contributed by atoms with Crippen LogP contribution in [0.3, 0.4) is 0 Å². The van der Waals surface area contributed by atoms with Gasteiger partial charge in [0.2, 0.25) is 0 Å². The number of nitrogens with one attached hydrogen (secondary N) is 1. The minimum atomic E-state index is 0. The molecule has 1 fully saturated rings. The van der Waals surface area contributed by atoms with E-state index in [1.54, 1.807) is 0 Å². The third-order valence-electron chi connectivity index (χ3n) is 3.36. The first-order chi connectivity index (χ1) is 9.06. The van der Waals surface area contributed by atoms with Gasteiger partial charge in [0.05, 0.1) is 0 Å². The van der Waals surface area contributed by atoms with Crippen LogP contribution in [0.4, 0.5) is 0 Å². The monoisotopic (exact) mass is 297 g/mol. The Kier molecular flexibility index (Phi) is 6.46. The second kappa shape index (κ2) is 7.62. The van der Waals surface area contributed by atoms with Crippen LogP contribution in [0.2, 0.25) is 0 Å². The maximum atomic E-state index is 12.4. The number of halogens is 1. The van der Waals surface area contributed by atoms with Crippen molar-refractivity contribution < 1.29 is 4.79 Å². The highest BCUT2D eigenvalue weighted by Crippen LogP contribution is 2.10. The van der Waals surface area contributed by atoms with E-state index in [2.05, 4.69) is 17.1 Å². The van der Waals surface area contributed by atoms with Crippen molar-refractivity contribution in [3.63, 3.8) is 0 Å². The predicted octanol–water partition coefficient (Wildman–Crippen LogP) is 1.60. The van der Waals surface area contributed by atoms with Gasteiger partial charge >= 0.3 is 0 Å². The van der Waals surface area contributed by atoms with Crippen LogP contribution in [0.15, 0.2) is 24.3 Å². The molecule has 0 spiro atoms. The van der Waals surface area contributed by atoms with Crippen molar-refractivity contribution in [3.8, 4) is 0 Å². The van der Waals surface area contributed by atoms with Crippen LogP contribution in [0, 0.1) is 0 Å². The smallest absolute Gasteiger partial charge is 0.253 e. The predicted molar refractivity (Wildman–Crippen MR) is 84.4 cm³/mol. The fraction of sp³-hybridized carbons (Fsp3) is 0.533. The molecule has 1 heterocycles. The van der Waals surface area contributed by atoms with Gasteiger partial charge in [-0.15, -0.1) is 12.4 Å². The minimum Gasteiger partial charge on any atom is -0.336 e. The Morgan fingerprint density at radius 2 is 2.00 bits per heavy atom. The first-order valence-corrected chi connectivity index (χ1v) is 6.82. The third-order valence-corrected chi connectivity index (χ3v) is 3.36. The van der Waals surface area contributed by atoms with Crippen molar-refractivity contribution in [2.45, 2.75) is 19.5 Å². The lowest BCUT2D eigenvalue weighted by atomic mass is 10.1. The zero-order chi connectivity index (χ0) is 13.8. The molecular weight excluding hydrogens is 274 g/mol. The molecule has 1 aromatic rings. The summed E-state index contributed by atoms with van der Waals surface area (Å²) >= 11 is 0. The summed E-state index contributed by atoms with van der Waals surface area (Å²) in [7, 11) is 4.09. The van der Waals surface area contributed by atoms with Gasteiger partial charge in [-0.1, -0.05) is 12.1 Å². The van der Waals surface area contributed by atoms with Gasteiger partial charge in [0, 0.05) is 37.8 Å². The number of nitrogens with zero attached hydrogens (tertiary/aromatic N) is 2. The number of piperazine rings is 1. The van der Waals surface area contributed by atoms with E-state index in [4.69, 9.17) is 0 Å². The van der Waals surface area contributed by atoms with E-state index in [0.29, 0.717) is 6.04 Å². The fourth-order valence-corrected chi connectivity index (χ4v) is 2.42. The van der Waals surface area contributed by atoms with Gasteiger partial charge in [0.1, 0.15) is 0 Å². The normalized spacial score (nSPS) is 18.8. The molecule has 0 radical (unpaired) electrons. The molecule has 0 bridgehead atoms. The Bertz CT molecular complexity index is 433. The highest BCUT2D eigenvalue weighted by Gasteiger charge is 2.21. The Morgan fingerprint density at radius 1 is 1.35 bits per heavy atom. The van der Waals surface area contributed by atoms with Crippen LogP contribution >= 0.6 is 12.4 Å². The Morgan fingerprint density at radius 3 is 2.55 bits per heavy atom. The van der Waals surface area contributed by atoms with Crippen molar-refractivity contribution in [3.05, 3.63) is 35.4 Å². The third kappa shape index (κ3) is 4.47. The van der Waals surface area contributed by atoms with Gasteiger partial charge in [0.25, 0.3) is 5.91 Å². The largest absolute Gasteiger partial charge is 0.336 e. The highest BCUT2D eigenvalue weighted by molar-refractivity contribution is 5.94. The molecule has 1 saturated heterocycles. The molecule has 1 N–H and O–H groups in total. The lowest BCUT2D eigenvalue weighted by Crippen LogP contribution is -2.51. The van der Waals surface area contributed by atoms with Gasteiger partial charge in [-0.2, -0.15) is 0 Å². The summed E-state index contributed by atoms with van der Waals surface area (Å²) in [4.78, 5) is 16.4. The van der Waals surface area contributed by atoms with E-state index in [0.717, 1.165) is 31.7 Å². The summed E-state index contributed by atoms with van der Waals surface area (Å²) in [6.45, 7) is 5.48. The lowest BCUT2D eigenvalue weighted by molar-refractivity contribution is 0.0709. The second-order valence-corrected chi connectivity index (χ2v) is 5.54. The Labute approximate surface area is 127 Å². The van der Waals surface area contributed by atoms with Crippen LogP contribution in [0.5, 0.6) is 0 Å². The zero-order valence-corrected chi connectivity index (χ0v) is 13.2. The van der Waals surface area contributed by atoms with Crippen LogP contribution in [-0.2, 0) is 6.54 Å². The number of hydrogen-bond donors (Lipinski definition) is 1. The average molecular weight is 298 g/mol. The SMILES string of the molecule is C[C@@H]1CN(C(=O)c2ccc(CN(C)C)cc2)CCN1.Cl. The molecule has 1 amide bonds. The quantitative estimate of drug-likeness (QED) is 0.921. The molecule has 112 valence electrons. The van der Waals surface area contributed by atoms with Crippen molar-refractivity contribution >= 4 is 18.3 Å². The number of hydrogen-bond acceptors (Lipinski definition) is 3. The average Bonchev–Trinajstić information content (AvgIpc) is 2.38. The van der Waals surface area contributed by atoms with Crippen LogP contribution in [0.25, 0.3) is 0 Å². The van der Waals surface area contributed by atoms with Gasteiger partial charge in [-0.05, 0) is 38.7 Å². The van der Waals surface area contributed by atoms with Gasteiger partial charge in [-0.25, -0.2) is 0 Å². The summed E-state index contributed by atoms with van der Waals surface area (Å²) in [5.41, 5.74) is 2.02. The lowest BCUT2D eigenvalue weighted by Gasteiger charge is -2.32. The Balaban J connectivity index is 0.00000200. The van der Waals surface area contributed by atoms with E-state index < -0.39 is 0 Å². The summed E-state index contributed by atoms with van der Waals surface area (Å²) in [6, 6.07) is 8.34. The first kappa shape index (κ1) is 17.0. The van der Waals surface area contributed by atoms with E-state index in [1.165, 1.54) is 5.56 Å². The van der Waals surface area contributed by atoms with E-state index in [1.807, 2.05) is 43.3 Å². The molecule has 5 heteroatoms. The van der Waals surface area contributed by atoms with Gasteiger partial charge in [0.15, 0.2) is 0 Å². The number of amides is 1. The van der Waals surface area contributed by atoms with Crippen molar-refractivity contribution in [2.24, 2.45) is 0 Å². The minimum absolute atomic E-state index is 0. The number of carbonyl (C=O) groups is 1. The summed E-state index contributed by atoms with van der Waals surface area (Å²) in [5.74, 6) is 0.143. The molecule has 1 aliphatic heterocycles. The molecule has 0 aliphatic carbocycles. The molecule has 1 aromatic carbocycles. The summed E-state index contributed by atoms with van der Waals surface area (Å²) in [6.07, 6.45) is 0. The number of carbonyl (C=O) groups excluding carboxylic acids is 1. The molecule has 1 aliphatic rings. The highest BCUT2D eigenvalue weighted by atomic mass is 35.5. The van der Waals surface area contributed by atoms with E-state index in [9.17, 15) is 4.79 Å². The van der Waals surface area contributed by atoms with Crippen LogP contribution in [-0.4, -0.2) is 55.5 Å². The molecular formula is C15H24ClN3O. The van der Waals surface area contributed by atoms with Crippen molar-refractivity contribution in [1.29, 1.82) is 0 Å².